The second-order valence-electron chi connectivity index (χ2n) is 8.05. The molecule has 2 heterocycles. The van der Waals surface area contributed by atoms with E-state index in [9.17, 15) is 19.7 Å². The SMILES string of the molecule is COc1ccc(CCNC(=O)c2n[nH]c3c2CN(C(=O)Cc2ccc([N+](=O)[O-])cc2)CC3)cc1. The monoisotopic (exact) mass is 463 g/mol. The topological polar surface area (TPSA) is 130 Å². The molecule has 0 saturated heterocycles. The largest absolute Gasteiger partial charge is 0.497 e. The van der Waals surface area contributed by atoms with Gasteiger partial charge in [0.15, 0.2) is 5.69 Å². The number of nitrogens with zero attached hydrogens (tertiary/aromatic N) is 3. The molecule has 0 atom stereocenters. The number of methoxy groups -OCH3 is 1. The van der Waals surface area contributed by atoms with Crippen molar-refractivity contribution >= 4 is 17.5 Å². The van der Waals surface area contributed by atoms with Crippen LogP contribution in [-0.4, -0.2) is 52.0 Å². The summed E-state index contributed by atoms with van der Waals surface area (Å²) in [5.41, 5.74) is 3.65. The van der Waals surface area contributed by atoms with Crippen LogP contribution in [0, 0.1) is 10.1 Å². The molecule has 0 spiro atoms. The van der Waals surface area contributed by atoms with Crippen molar-refractivity contribution in [2.24, 2.45) is 0 Å². The van der Waals surface area contributed by atoms with Gasteiger partial charge in [0.25, 0.3) is 11.6 Å². The molecule has 2 aromatic carbocycles. The highest BCUT2D eigenvalue weighted by molar-refractivity contribution is 5.94. The van der Waals surface area contributed by atoms with Crippen LogP contribution < -0.4 is 10.1 Å². The maximum absolute atomic E-state index is 12.8. The second-order valence-corrected chi connectivity index (χ2v) is 8.05. The fraction of sp³-hybridized carbons (Fsp3) is 0.292. The number of carbonyl (C=O) groups is 2. The third-order valence-electron chi connectivity index (χ3n) is 5.86. The summed E-state index contributed by atoms with van der Waals surface area (Å²) in [6, 6.07) is 13.6. The first kappa shape index (κ1) is 23.0. The molecule has 2 N–H and O–H groups in total. The second kappa shape index (κ2) is 10.2. The van der Waals surface area contributed by atoms with Crippen molar-refractivity contribution in [2.45, 2.75) is 25.8 Å². The van der Waals surface area contributed by atoms with Crippen molar-refractivity contribution in [1.82, 2.24) is 20.4 Å². The number of rotatable bonds is 8. The molecule has 0 bridgehead atoms. The molecule has 1 aromatic heterocycles. The lowest BCUT2D eigenvalue weighted by molar-refractivity contribution is -0.384. The normalized spacial score (nSPS) is 12.7. The summed E-state index contributed by atoms with van der Waals surface area (Å²) in [6.07, 6.45) is 1.38. The van der Waals surface area contributed by atoms with E-state index in [4.69, 9.17) is 4.74 Å². The highest BCUT2D eigenvalue weighted by Gasteiger charge is 2.27. The van der Waals surface area contributed by atoms with Crippen LogP contribution in [0.4, 0.5) is 5.69 Å². The van der Waals surface area contributed by atoms with Gasteiger partial charge in [-0.05, 0) is 29.7 Å². The molecular formula is C24H25N5O5. The number of nitro groups is 1. The van der Waals surface area contributed by atoms with Crippen molar-refractivity contribution in [3.63, 3.8) is 0 Å². The zero-order valence-corrected chi connectivity index (χ0v) is 18.7. The standard InChI is InChI=1S/C24H25N5O5/c1-34-19-8-4-16(5-9-19)10-12-25-24(31)23-20-15-28(13-11-21(20)26-27-23)22(30)14-17-2-6-18(7-3-17)29(32)33/h2-9H,10-15H2,1H3,(H,25,31)(H,26,27). The Hall–Kier alpha value is -4.21. The summed E-state index contributed by atoms with van der Waals surface area (Å²) in [5, 5.41) is 20.8. The van der Waals surface area contributed by atoms with E-state index < -0.39 is 4.92 Å². The van der Waals surface area contributed by atoms with Gasteiger partial charge in [-0.3, -0.25) is 24.8 Å². The summed E-state index contributed by atoms with van der Waals surface area (Å²) in [4.78, 5) is 37.6. The van der Waals surface area contributed by atoms with Crippen LogP contribution in [0.1, 0.15) is 32.9 Å². The van der Waals surface area contributed by atoms with Gasteiger partial charge >= 0.3 is 0 Å². The Morgan fingerprint density at radius 1 is 1.15 bits per heavy atom. The van der Waals surface area contributed by atoms with Crippen LogP contribution in [0.15, 0.2) is 48.5 Å². The molecule has 0 radical (unpaired) electrons. The lowest BCUT2D eigenvalue weighted by atomic mass is 10.0. The number of aromatic amines is 1. The number of hydrogen-bond acceptors (Lipinski definition) is 6. The summed E-state index contributed by atoms with van der Waals surface area (Å²) >= 11 is 0. The third-order valence-corrected chi connectivity index (χ3v) is 5.86. The number of ether oxygens (including phenoxy) is 1. The molecule has 2 amide bonds. The van der Waals surface area contributed by atoms with Gasteiger partial charge in [0.1, 0.15) is 5.75 Å². The molecule has 0 unspecified atom stereocenters. The molecule has 4 rings (SSSR count). The van der Waals surface area contributed by atoms with Crippen molar-refractivity contribution in [1.29, 1.82) is 0 Å². The van der Waals surface area contributed by atoms with Crippen LogP contribution in [-0.2, 0) is 30.6 Å². The Labute approximate surface area is 196 Å². The average Bonchev–Trinajstić information content (AvgIpc) is 3.28. The van der Waals surface area contributed by atoms with Crippen LogP contribution in [0.25, 0.3) is 0 Å². The Kier molecular flexibility index (Phi) is 6.86. The minimum atomic E-state index is -0.472. The van der Waals surface area contributed by atoms with Crippen molar-refractivity contribution in [2.75, 3.05) is 20.2 Å². The van der Waals surface area contributed by atoms with Crippen LogP contribution in [0.5, 0.6) is 5.75 Å². The average molecular weight is 463 g/mol. The smallest absolute Gasteiger partial charge is 0.272 e. The Morgan fingerprint density at radius 3 is 2.53 bits per heavy atom. The fourth-order valence-corrected chi connectivity index (χ4v) is 3.91. The lowest BCUT2D eigenvalue weighted by Crippen LogP contribution is -2.37. The van der Waals surface area contributed by atoms with Crippen molar-refractivity contribution < 1.29 is 19.2 Å². The third kappa shape index (κ3) is 5.22. The minimum absolute atomic E-state index is 0.0140. The van der Waals surface area contributed by atoms with Gasteiger partial charge in [0.2, 0.25) is 5.91 Å². The summed E-state index contributed by atoms with van der Waals surface area (Å²) in [5.74, 6) is 0.394. The molecule has 10 heteroatoms. The van der Waals surface area contributed by atoms with E-state index in [0.29, 0.717) is 43.7 Å². The maximum atomic E-state index is 12.8. The number of amides is 2. The van der Waals surface area contributed by atoms with E-state index in [0.717, 1.165) is 22.6 Å². The number of nitrogens with one attached hydrogen (secondary N) is 2. The first-order chi connectivity index (χ1) is 16.4. The number of non-ortho nitro benzene ring substituents is 1. The number of nitro benzene ring substituents is 1. The summed E-state index contributed by atoms with van der Waals surface area (Å²) < 4.78 is 5.15. The quantitative estimate of drug-likeness (QED) is 0.390. The highest BCUT2D eigenvalue weighted by atomic mass is 16.6. The van der Waals surface area contributed by atoms with Gasteiger partial charge in [-0.15, -0.1) is 0 Å². The van der Waals surface area contributed by atoms with E-state index >= 15 is 0 Å². The number of fused-ring (bicyclic) bond motifs is 1. The van der Waals surface area contributed by atoms with E-state index in [-0.39, 0.29) is 23.9 Å². The summed E-state index contributed by atoms with van der Waals surface area (Å²) in [6.45, 7) is 1.26. The molecule has 10 nitrogen and oxygen atoms in total. The Bertz CT molecular complexity index is 1190. The number of carbonyl (C=O) groups excluding carboxylic acids is 2. The predicted molar refractivity (Wildman–Crippen MR) is 124 cm³/mol. The van der Waals surface area contributed by atoms with Gasteiger partial charge in [0.05, 0.1) is 18.5 Å². The van der Waals surface area contributed by atoms with Crippen molar-refractivity contribution in [3.8, 4) is 5.75 Å². The van der Waals surface area contributed by atoms with Crippen molar-refractivity contribution in [3.05, 3.63) is 86.7 Å². The van der Waals surface area contributed by atoms with Gasteiger partial charge in [-0.25, -0.2) is 0 Å². The Morgan fingerprint density at radius 2 is 1.85 bits per heavy atom. The van der Waals surface area contributed by atoms with Crippen LogP contribution >= 0.6 is 0 Å². The van der Waals surface area contributed by atoms with E-state index in [1.807, 2.05) is 24.3 Å². The first-order valence-electron chi connectivity index (χ1n) is 10.9. The number of H-pyrrole nitrogens is 1. The van der Waals surface area contributed by atoms with Crippen LogP contribution in [0.3, 0.4) is 0 Å². The van der Waals surface area contributed by atoms with Crippen LogP contribution in [0.2, 0.25) is 0 Å². The van der Waals surface area contributed by atoms with Gasteiger partial charge in [-0.2, -0.15) is 5.10 Å². The Balaban J connectivity index is 1.34. The minimum Gasteiger partial charge on any atom is -0.497 e. The fourth-order valence-electron chi connectivity index (χ4n) is 3.91. The molecule has 176 valence electrons. The summed E-state index contributed by atoms with van der Waals surface area (Å²) in [7, 11) is 1.62. The van der Waals surface area contributed by atoms with Gasteiger partial charge in [-0.1, -0.05) is 24.3 Å². The molecule has 34 heavy (non-hydrogen) atoms. The van der Waals surface area contributed by atoms with Gasteiger partial charge in [0, 0.05) is 49.4 Å². The molecule has 1 aliphatic heterocycles. The van der Waals surface area contributed by atoms with Gasteiger partial charge < -0.3 is 15.0 Å². The number of benzene rings is 2. The molecule has 0 saturated carbocycles. The molecular weight excluding hydrogens is 438 g/mol. The van der Waals surface area contributed by atoms with E-state index in [2.05, 4.69) is 15.5 Å². The molecule has 0 aliphatic carbocycles. The lowest BCUT2D eigenvalue weighted by Gasteiger charge is -2.27. The number of hydrogen-bond donors (Lipinski definition) is 2. The molecule has 1 aliphatic rings. The maximum Gasteiger partial charge on any atom is 0.272 e. The number of aromatic nitrogens is 2. The first-order valence-corrected chi connectivity index (χ1v) is 10.9. The molecule has 0 fully saturated rings. The molecule has 3 aromatic rings. The highest BCUT2D eigenvalue weighted by Crippen LogP contribution is 2.22. The zero-order chi connectivity index (χ0) is 24.1. The predicted octanol–water partition coefficient (Wildman–Crippen LogP) is 2.43. The zero-order valence-electron chi connectivity index (χ0n) is 18.7. The van der Waals surface area contributed by atoms with E-state index in [1.54, 1.807) is 24.1 Å². The van der Waals surface area contributed by atoms with E-state index in [1.165, 1.54) is 12.1 Å².